The normalized spacial score (nSPS) is 25.2. The highest BCUT2D eigenvalue weighted by molar-refractivity contribution is 6.21. The number of carbonyl (C=O) groups is 3. The van der Waals surface area contributed by atoms with Gasteiger partial charge >= 0.3 is 5.97 Å². The molecule has 6 aromatic rings. The molecule has 0 spiro atoms. The predicted octanol–water partition coefficient (Wildman–Crippen LogP) is 7.57. The van der Waals surface area contributed by atoms with Crippen molar-refractivity contribution in [2.75, 3.05) is 13.2 Å². The summed E-state index contributed by atoms with van der Waals surface area (Å²) in [5.74, 6) is -1.79. The van der Waals surface area contributed by atoms with Gasteiger partial charge in [0.2, 0.25) is 0 Å². The van der Waals surface area contributed by atoms with Gasteiger partial charge in [0.25, 0.3) is 11.8 Å². The van der Waals surface area contributed by atoms with Crippen LogP contribution in [0.4, 0.5) is 0 Å². The topological polar surface area (TPSA) is 164 Å². The first kappa shape index (κ1) is 49.5. The number of nitrogens with zero attached hydrogens (tertiary/aromatic N) is 1. The van der Waals surface area contributed by atoms with Gasteiger partial charge in [-0.3, -0.25) is 19.3 Å². The van der Waals surface area contributed by atoms with Crippen molar-refractivity contribution in [3.8, 4) is 0 Å². The zero-order valence-corrected chi connectivity index (χ0v) is 39.4. The van der Waals surface area contributed by atoms with Gasteiger partial charge in [-0.05, 0) is 39.9 Å². The Morgan fingerprint density at radius 1 is 0.479 bits per heavy atom. The summed E-state index contributed by atoms with van der Waals surface area (Å²) in [5, 5.41) is 0. The standard InChI is InChI=1S/C57H58N2O12/c1-38(60)68-52-48(58)56(67-35-43-27-15-6-16-28-43)69-47(37-64-32-40-21-9-3-10-22-40)51(52)71-57-49(59-54(61)44-29-17-18-30-45(44)55(59)62)53(66-34-42-25-13-5-14-26-42)50(65-33-41-23-11-4-12-24-41)46(70-57)36-63-31-39-19-7-2-8-20-39/h2-30,46-53,56-57H,31-37,58H2,1H3/t46-,47-,48-,49-,50-,51-,52-,53-,56-,57+/m1/s1. The van der Waals surface area contributed by atoms with Gasteiger partial charge in [-0.1, -0.05) is 164 Å². The zero-order chi connectivity index (χ0) is 48.9. The second-order valence-corrected chi connectivity index (χ2v) is 17.7. The van der Waals surface area contributed by atoms with Crippen molar-refractivity contribution in [3.63, 3.8) is 0 Å². The van der Waals surface area contributed by atoms with Gasteiger partial charge < -0.3 is 48.4 Å². The molecule has 2 N–H and O–H groups in total. The summed E-state index contributed by atoms with van der Waals surface area (Å²) >= 11 is 0. The third kappa shape index (κ3) is 12.4. The van der Waals surface area contributed by atoms with Crippen molar-refractivity contribution in [2.45, 2.75) is 101 Å². The second kappa shape index (κ2) is 24.1. The Morgan fingerprint density at radius 2 is 0.859 bits per heavy atom. The Kier molecular flexibility index (Phi) is 16.8. The molecule has 71 heavy (non-hydrogen) atoms. The molecule has 6 aromatic carbocycles. The van der Waals surface area contributed by atoms with Crippen LogP contribution < -0.4 is 5.73 Å². The molecule has 3 aliphatic heterocycles. The number of benzene rings is 6. The lowest BCUT2D eigenvalue weighted by atomic mass is 9.93. The minimum atomic E-state index is -1.49. The second-order valence-electron chi connectivity index (χ2n) is 17.7. The van der Waals surface area contributed by atoms with Crippen LogP contribution in [0.1, 0.15) is 55.5 Å². The molecule has 2 fully saturated rings. The Bertz CT molecular complexity index is 2590. The molecule has 0 unspecified atom stereocenters. The Hall–Kier alpha value is -6.43. The minimum Gasteiger partial charge on any atom is -0.458 e. The quantitative estimate of drug-likeness (QED) is 0.0556. The maximum Gasteiger partial charge on any atom is 0.303 e. The van der Waals surface area contributed by atoms with Crippen molar-refractivity contribution in [1.29, 1.82) is 0 Å². The third-order valence-electron chi connectivity index (χ3n) is 12.6. The third-order valence-corrected chi connectivity index (χ3v) is 12.6. The van der Waals surface area contributed by atoms with Gasteiger partial charge in [-0.25, -0.2) is 0 Å². The van der Waals surface area contributed by atoms with Crippen LogP contribution in [0.2, 0.25) is 0 Å². The van der Waals surface area contributed by atoms with Crippen LogP contribution in [0.3, 0.4) is 0 Å². The van der Waals surface area contributed by atoms with Crippen molar-refractivity contribution in [3.05, 3.63) is 215 Å². The summed E-state index contributed by atoms with van der Waals surface area (Å²) < 4.78 is 59.9. The number of rotatable bonds is 21. The predicted molar refractivity (Wildman–Crippen MR) is 260 cm³/mol. The number of esters is 1. The lowest BCUT2D eigenvalue weighted by Crippen LogP contribution is -2.70. The van der Waals surface area contributed by atoms with Crippen molar-refractivity contribution in [1.82, 2.24) is 4.90 Å². The van der Waals surface area contributed by atoms with E-state index in [4.69, 9.17) is 48.4 Å². The molecule has 0 aromatic heterocycles. The number of carbonyl (C=O) groups excluding carboxylic acids is 3. The first-order valence-electron chi connectivity index (χ1n) is 23.9. The van der Waals surface area contributed by atoms with E-state index in [1.807, 2.05) is 152 Å². The van der Waals surface area contributed by atoms with Crippen LogP contribution in [-0.4, -0.2) is 97.2 Å². The van der Waals surface area contributed by atoms with E-state index in [9.17, 15) is 14.4 Å². The fraction of sp³-hybridized carbons (Fsp3) is 0.316. The Labute approximate surface area is 413 Å². The minimum absolute atomic E-state index is 0.0265. The summed E-state index contributed by atoms with van der Waals surface area (Å²) in [7, 11) is 0. The molecular formula is C57H58N2O12. The Balaban J connectivity index is 1.12. The van der Waals surface area contributed by atoms with E-state index in [0.29, 0.717) is 0 Å². The van der Waals surface area contributed by atoms with E-state index >= 15 is 0 Å². The van der Waals surface area contributed by atoms with E-state index in [0.717, 1.165) is 32.7 Å². The highest BCUT2D eigenvalue weighted by Crippen LogP contribution is 2.39. The van der Waals surface area contributed by atoms with Crippen molar-refractivity contribution < 1.29 is 57.0 Å². The lowest BCUT2D eigenvalue weighted by Gasteiger charge is -2.51. The molecule has 0 bridgehead atoms. The molecule has 14 nitrogen and oxygen atoms in total. The molecule has 0 aliphatic carbocycles. The first-order chi connectivity index (χ1) is 34.8. The summed E-state index contributed by atoms with van der Waals surface area (Å²) in [6, 6.07) is 52.2. The van der Waals surface area contributed by atoms with Crippen LogP contribution >= 0.6 is 0 Å². The van der Waals surface area contributed by atoms with Gasteiger partial charge in [0.1, 0.15) is 36.6 Å². The maximum absolute atomic E-state index is 14.8. The first-order valence-corrected chi connectivity index (χ1v) is 23.9. The molecule has 10 atom stereocenters. The molecule has 3 heterocycles. The van der Waals surface area contributed by atoms with E-state index in [1.54, 1.807) is 24.3 Å². The lowest BCUT2D eigenvalue weighted by molar-refractivity contribution is -0.345. The van der Waals surface area contributed by atoms with Crippen LogP contribution in [0.15, 0.2) is 176 Å². The average molecular weight is 963 g/mol. The maximum atomic E-state index is 14.8. The Morgan fingerprint density at radius 3 is 1.31 bits per heavy atom. The number of amides is 2. The molecule has 0 saturated carbocycles. The van der Waals surface area contributed by atoms with E-state index in [2.05, 4.69) is 0 Å². The van der Waals surface area contributed by atoms with Crippen LogP contribution in [0, 0.1) is 0 Å². The summed E-state index contributed by atoms with van der Waals surface area (Å²) in [6.45, 7) is 1.94. The fourth-order valence-electron chi connectivity index (χ4n) is 9.17. The van der Waals surface area contributed by atoms with Crippen molar-refractivity contribution >= 4 is 17.8 Å². The number of hydrogen-bond acceptors (Lipinski definition) is 13. The monoisotopic (exact) mass is 962 g/mol. The smallest absolute Gasteiger partial charge is 0.303 e. The summed E-state index contributed by atoms with van der Waals surface area (Å²) in [6.07, 6.45) is -9.05. The van der Waals surface area contributed by atoms with E-state index in [-0.39, 0.29) is 57.4 Å². The largest absolute Gasteiger partial charge is 0.458 e. The van der Waals surface area contributed by atoms with Gasteiger partial charge in [0, 0.05) is 6.92 Å². The molecule has 14 heteroatoms. The summed E-state index contributed by atoms with van der Waals surface area (Å²) in [5.41, 5.74) is 11.8. The molecular weight excluding hydrogens is 905 g/mol. The number of hydrogen-bond donors (Lipinski definition) is 1. The number of ether oxygens (including phenoxy) is 9. The highest BCUT2D eigenvalue weighted by Gasteiger charge is 2.58. The van der Waals surface area contributed by atoms with Gasteiger partial charge in [-0.2, -0.15) is 0 Å². The average Bonchev–Trinajstić information content (AvgIpc) is 3.65. The number of fused-ring (bicyclic) bond motifs is 1. The van der Waals surface area contributed by atoms with Crippen molar-refractivity contribution in [2.24, 2.45) is 5.73 Å². The number of nitrogens with two attached hydrogens (primary N) is 1. The van der Waals surface area contributed by atoms with Gasteiger partial charge in [0.05, 0.1) is 63.4 Å². The van der Waals surface area contributed by atoms with Crippen LogP contribution in [0.25, 0.3) is 0 Å². The molecule has 0 radical (unpaired) electrons. The highest BCUT2D eigenvalue weighted by atomic mass is 16.7. The van der Waals surface area contributed by atoms with Crippen LogP contribution in [-0.2, 0) is 80.5 Å². The fourth-order valence-corrected chi connectivity index (χ4v) is 9.17. The molecule has 9 rings (SSSR count). The van der Waals surface area contributed by atoms with E-state index < -0.39 is 79.1 Å². The zero-order valence-electron chi connectivity index (χ0n) is 39.4. The van der Waals surface area contributed by atoms with Gasteiger partial charge in [0.15, 0.2) is 18.7 Å². The molecule has 2 amide bonds. The van der Waals surface area contributed by atoms with Gasteiger partial charge in [-0.15, -0.1) is 0 Å². The molecule has 368 valence electrons. The molecule has 3 aliphatic rings. The summed E-state index contributed by atoms with van der Waals surface area (Å²) in [4.78, 5) is 43.9. The van der Waals surface area contributed by atoms with Crippen LogP contribution in [0.5, 0.6) is 0 Å². The van der Waals surface area contributed by atoms with E-state index in [1.165, 1.54) is 6.92 Å². The SMILES string of the molecule is CC(=O)O[C@@H]1[C@@H](N)[C@H](OCc2ccccc2)O[C@H](COCc2ccccc2)[C@H]1O[C@@H]1O[C@H](COCc2ccccc2)[C@@H](OCc2ccccc2)[C@H](OCc2ccccc2)[C@H]1N1C(=O)c2ccccc2C1=O. The number of imide groups is 1. The molecule has 2 saturated heterocycles.